The van der Waals surface area contributed by atoms with E-state index < -0.39 is 13.8 Å². The zero-order valence-corrected chi connectivity index (χ0v) is 10.5. The second kappa shape index (κ2) is 3.13. The summed E-state index contributed by atoms with van der Waals surface area (Å²) >= 11 is -2.14. The minimum absolute atomic E-state index is 0.669. The first-order valence-corrected chi connectivity index (χ1v) is 7.76. The maximum atomic E-state index is 12.3. The Morgan fingerprint density at radius 1 is 1.06 bits per heavy atom. The number of hydrogen-bond donors (Lipinski definition) is 1. The van der Waals surface area contributed by atoms with Gasteiger partial charge in [-0.2, -0.15) is 0 Å². The van der Waals surface area contributed by atoms with E-state index in [1.54, 1.807) is 0 Å². The van der Waals surface area contributed by atoms with Crippen molar-refractivity contribution in [3.8, 4) is 11.1 Å². The Morgan fingerprint density at radius 3 is 2.65 bits per heavy atom. The molecule has 1 aliphatic heterocycles. The summed E-state index contributed by atoms with van der Waals surface area (Å²) in [6, 6.07) is 14.1. The molecule has 82 valence electrons. The van der Waals surface area contributed by atoms with E-state index in [-0.39, 0.29) is 0 Å². The second-order valence-electron chi connectivity index (χ2n) is 4.02. The second-order valence-corrected chi connectivity index (χ2v) is 6.81. The molecular weight excluding hydrogens is 279 g/mol. The molecule has 17 heavy (non-hydrogen) atoms. The fraction of sp³-hybridized carbons (Fsp3) is 0. The Bertz CT molecular complexity index is 762. The normalized spacial score (nSPS) is 17.1. The summed E-state index contributed by atoms with van der Waals surface area (Å²) in [7, 11) is 0. The average molecular weight is 287 g/mol. The number of imidazole rings is 1. The number of nitrogens with zero attached hydrogens (tertiary/aromatic N) is 1. The molecular formula is C13H8N2OSe. The van der Waals surface area contributed by atoms with Crippen LogP contribution < -0.4 is 9.18 Å². The Kier molecular flexibility index (Phi) is 1.71. The molecule has 3 aromatic rings. The van der Waals surface area contributed by atoms with Gasteiger partial charge in [0.2, 0.25) is 0 Å². The summed E-state index contributed by atoms with van der Waals surface area (Å²) in [6.07, 6.45) is 0. The predicted molar refractivity (Wildman–Crippen MR) is 67.2 cm³/mol. The van der Waals surface area contributed by atoms with Gasteiger partial charge >= 0.3 is 101 Å². The quantitative estimate of drug-likeness (QED) is 0.532. The van der Waals surface area contributed by atoms with Gasteiger partial charge in [0.05, 0.1) is 0 Å². The van der Waals surface area contributed by atoms with E-state index in [0.29, 0.717) is 4.72 Å². The monoisotopic (exact) mass is 288 g/mol. The van der Waals surface area contributed by atoms with Crippen LogP contribution in [0.2, 0.25) is 0 Å². The molecule has 0 saturated heterocycles. The van der Waals surface area contributed by atoms with Crippen molar-refractivity contribution in [2.75, 3.05) is 0 Å². The minimum atomic E-state index is -2.14. The number of aromatic amines is 1. The summed E-state index contributed by atoms with van der Waals surface area (Å²) in [4.78, 5) is 7.46. The molecule has 1 aromatic heterocycles. The molecule has 0 spiro atoms. The Balaban J connectivity index is 2.09. The molecule has 2 aromatic carbocycles. The van der Waals surface area contributed by atoms with Crippen LogP contribution in [0.5, 0.6) is 0 Å². The molecule has 3 nitrogen and oxygen atoms in total. The van der Waals surface area contributed by atoms with Gasteiger partial charge in [0.25, 0.3) is 0 Å². The van der Waals surface area contributed by atoms with Gasteiger partial charge in [-0.15, -0.1) is 0 Å². The molecule has 1 unspecified atom stereocenters. The fourth-order valence-corrected chi connectivity index (χ4v) is 4.95. The third kappa shape index (κ3) is 1.14. The molecule has 0 fully saturated rings. The standard InChI is InChI=1S/C13H8N2OSe/c16-17-12-9(8-4-2-1-3-5-8)6-7-10-11(12)15-13(17)14-10/h1-7H,(H,14,15). The van der Waals surface area contributed by atoms with E-state index >= 15 is 0 Å². The molecule has 0 aliphatic carbocycles. The topological polar surface area (TPSA) is 45.8 Å². The van der Waals surface area contributed by atoms with E-state index in [1.807, 2.05) is 42.5 Å². The zero-order valence-electron chi connectivity index (χ0n) is 8.81. The molecule has 1 N–H and O–H groups in total. The number of benzene rings is 2. The van der Waals surface area contributed by atoms with Crippen molar-refractivity contribution in [1.82, 2.24) is 9.97 Å². The van der Waals surface area contributed by atoms with E-state index in [9.17, 15) is 3.83 Å². The summed E-state index contributed by atoms with van der Waals surface area (Å²) in [6.45, 7) is 0. The number of rotatable bonds is 1. The van der Waals surface area contributed by atoms with Gasteiger partial charge < -0.3 is 0 Å². The van der Waals surface area contributed by atoms with E-state index in [0.717, 1.165) is 26.6 Å². The van der Waals surface area contributed by atoms with Gasteiger partial charge in [-0.3, -0.25) is 0 Å². The van der Waals surface area contributed by atoms with Gasteiger partial charge in [-0.25, -0.2) is 0 Å². The van der Waals surface area contributed by atoms with Crippen LogP contribution in [-0.4, -0.2) is 23.8 Å². The van der Waals surface area contributed by atoms with E-state index in [1.165, 1.54) is 0 Å². The molecule has 4 rings (SSSR count). The number of H-pyrrole nitrogens is 1. The van der Waals surface area contributed by atoms with Gasteiger partial charge in [0.1, 0.15) is 0 Å². The van der Waals surface area contributed by atoms with Gasteiger partial charge in [0, 0.05) is 0 Å². The van der Waals surface area contributed by atoms with E-state index in [2.05, 4.69) is 9.97 Å². The van der Waals surface area contributed by atoms with Crippen molar-refractivity contribution in [3.63, 3.8) is 0 Å². The number of aromatic nitrogens is 2. The van der Waals surface area contributed by atoms with Crippen LogP contribution in [0, 0.1) is 0 Å². The Hall–Kier alpha value is -1.77. The third-order valence-corrected chi connectivity index (χ3v) is 5.82. The van der Waals surface area contributed by atoms with Crippen molar-refractivity contribution in [1.29, 1.82) is 0 Å². The van der Waals surface area contributed by atoms with Crippen molar-refractivity contribution < 1.29 is 3.83 Å². The van der Waals surface area contributed by atoms with Gasteiger partial charge in [-0.05, 0) is 0 Å². The molecule has 1 atom stereocenters. The van der Waals surface area contributed by atoms with Crippen LogP contribution in [0.3, 0.4) is 0 Å². The molecule has 2 bridgehead atoms. The molecule has 1 aliphatic rings. The Labute approximate surface area is 102 Å². The predicted octanol–water partition coefficient (Wildman–Crippen LogP) is 1.08. The van der Waals surface area contributed by atoms with Crippen LogP contribution in [0.15, 0.2) is 42.5 Å². The molecule has 0 amide bonds. The maximum absolute atomic E-state index is 12.3. The van der Waals surface area contributed by atoms with Crippen molar-refractivity contribution in [2.45, 2.75) is 0 Å². The van der Waals surface area contributed by atoms with Crippen LogP contribution in [-0.2, 0) is 3.83 Å². The van der Waals surface area contributed by atoms with E-state index in [4.69, 9.17) is 0 Å². The van der Waals surface area contributed by atoms with Crippen molar-refractivity contribution >= 4 is 34.1 Å². The number of hydrogen-bond acceptors (Lipinski definition) is 2. The molecule has 0 radical (unpaired) electrons. The summed E-state index contributed by atoms with van der Waals surface area (Å²) in [5, 5.41) is 0. The van der Waals surface area contributed by atoms with Crippen LogP contribution in [0.25, 0.3) is 22.2 Å². The first-order valence-electron chi connectivity index (χ1n) is 5.34. The first kappa shape index (κ1) is 9.28. The SMILES string of the molecule is O=[Se]1c2nc3c1c(-c1ccccc1)ccc3[nH]2. The zero-order chi connectivity index (χ0) is 11.4. The van der Waals surface area contributed by atoms with Crippen LogP contribution >= 0.6 is 0 Å². The first-order chi connectivity index (χ1) is 8.34. The summed E-state index contributed by atoms with van der Waals surface area (Å²) < 4.78 is 13.9. The number of nitrogens with one attached hydrogen (secondary N) is 1. The molecule has 2 heterocycles. The average Bonchev–Trinajstić information content (AvgIpc) is 2.93. The van der Waals surface area contributed by atoms with Crippen molar-refractivity contribution in [2.24, 2.45) is 0 Å². The van der Waals surface area contributed by atoms with Gasteiger partial charge in [-0.1, -0.05) is 0 Å². The summed E-state index contributed by atoms with van der Waals surface area (Å²) in [5.74, 6) is 0. The van der Waals surface area contributed by atoms with Crippen molar-refractivity contribution in [3.05, 3.63) is 42.5 Å². The van der Waals surface area contributed by atoms with Crippen LogP contribution in [0.1, 0.15) is 0 Å². The molecule has 4 heteroatoms. The Morgan fingerprint density at radius 2 is 1.88 bits per heavy atom. The summed E-state index contributed by atoms with van der Waals surface area (Å²) in [5.41, 5.74) is 4.05. The fourth-order valence-electron chi connectivity index (χ4n) is 2.24. The van der Waals surface area contributed by atoms with Crippen LogP contribution in [0.4, 0.5) is 0 Å². The number of fused-ring (bicyclic) bond motifs is 1. The molecule has 0 saturated carbocycles. The third-order valence-electron chi connectivity index (χ3n) is 3.03. The van der Waals surface area contributed by atoms with Gasteiger partial charge in [0.15, 0.2) is 0 Å².